The minimum Gasteiger partial charge on any atom is -0.338 e. The van der Waals surface area contributed by atoms with E-state index in [1.54, 1.807) is 12.1 Å². The largest absolute Gasteiger partial charge is 0.338 e. The summed E-state index contributed by atoms with van der Waals surface area (Å²) in [6.07, 6.45) is 0.793. The lowest BCUT2D eigenvalue weighted by Crippen LogP contribution is -2.47. The molecule has 30 heavy (non-hydrogen) atoms. The molecule has 1 fully saturated rings. The molecule has 1 aromatic heterocycles. The van der Waals surface area contributed by atoms with Crippen molar-refractivity contribution in [2.45, 2.75) is 31.1 Å². The Labute approximate surface area is 172 Å². The second kappa shape index (κ2) is 8.66. The monoisotopic (exact) mass is 412 g/mol. The first kappa shape index (κ1) is 20.1. The Balaban J connectivity index is 1.58. The molecule has 3 atom stereocenters. The van der Waals surface area contributed by atoms with Gasteiger partial charge < -0.3 is 10.6 Å². The van der Waals surface area contributed by atoms with E-state index in [4.69, 9.17) is 5.73 Å². The summed E-state index contributed by atoms with van der Waals surface area (Å²) in [6.45, 7) is 0.755. The Kier molecular flexibility index (Phi) is 5.80. The molecular formula is C21H22F2N6O. The maximum absolute atomic E-state index is 13.6. The quantitative estimate of drug-likeness (QED) is 0.670. The van der Waals surface area contributed by atoms with E-state index in [9.17, 15) is 13.6 Å². The second-order valence-corrected chi connectivity index (χ2v) is 7.46. The van der Waals surface area contributed by atoms with Crippen molar-refractivity contribution in [3.05, 3.63) is 66.2 Å². The van der Waals surface area contributed by atoms with Crippen molar-refractivity contribution in [1.29, 1.82) is 0 Å². The fraction of sp³-hybridized carbons (Fsp3) is 0.333. The summed E-state index contributed by atoms with van der Waals surface area (Å²) in [5, 5.41) is 11.2. The first-order valence-corrected chi connectivity index (χ1v) is 9.76. The standard InChI is InChI=1S/C21H22F2N6O/c22-17-7-5-15(6-8-17)14-1-3-16(4-2-14)19(12-29-13-25-26-27-29)20(24)21(30)28-10-9-18(23)11-28/h1-8,13,18-20H,9-12,24H2/t18-,19-,20-/m0/s1. The number of benzene rings is 2. The van der Waals surface area contributed by atoms with E-state index in [0.29, 0.717) is 19.5 Å². The van der Waals surface area contributed by atoms with Gasteiger partial charge in [-0.3, -0.25) is 4.79 Å². The molecule has 156 valence electrons. The lowest BCUT2D eigenvalue weighted by Gasteiger charge is -2.27. The van der Waals surface area contributed by atoms with Crippen LogP contribution in [0.25, 0.3) is 11.1 Å². The van der Waals surface area contributed by atoms with Crippen LogP contribution in [-0.4, -0.2) is 56.3 Å². The van der Waals surface area contributed by atoms with E-state index in [1.807, 2.05) is 24.3 Å². The van der Waals surface area contributed by atoms with Gasteiger partial charge in [-0.1, -0.05) is 36.4 Å². The van der Waals surface area contributed by atoms with Crippen LogP contribution >= 0.6 is 0 Å². The third-order valence-corrected chi connectivity index (χ3v) is 5.45. The van der Waals surface area contributed by atoms with Crippen LogP contribution < -0.4 is 5.73 Å². The van der Waals surface area contributed by atoms with Crippen molar-refractivity contribution in [2.75, 3.05) is 13.1 Å². The predicted octanol–water partition coefficient (Wildman–Crippen LogP) is 2.16. The average molecular weight is 412 g/mol. The molecule has 0 unspecified atom stereocenters. The van der Waals surface area contributed by atoms with Crippen molar-refractivity contribution < 1.29 is 13.6 Å². The molecule has 2 N–H and O–H groups in total. The molecule has 4 rings (SSSR count). The summed E-state index contributed by atoms with van der Waals surface area (Å²) in [5.41, 5.74) is 9.00. The molecule has 1 aliphatic rings. The molecule has 2 heterocycles. The topological polar surface area (TPSA) is 89.9 Å². The second-order valence-electron chi connectivity index (χ2n) is 7.46. The van der Waals surface area contributed by atoms with Gasteiger partial charge in [0.1, 0.15) is 18.3 Å². The Hall–Kier alpha value is -3.20. The predicted molar refractivity (Wildman–Crippen MR) is 106 cm³/mol. The highest BCUT2D eigenvalue weighted by atomic mass is 19.1. The number of amides is 1. The Morgan fingerprint density at radius 1 is 1.13 bits per heavy atom. The smallest absolute Gasteiger partial charge is 0.240 e. The van der Waals surface area contributed by atoms with Crippen LogP contribution in [-0.2, 0) is 11.3 Å². The summed E-state index contributed by atoms with van der Waals surface area (Å²) < 4.78 is 28.3. The lowest BCUT2D eigenvalue weighted by atomic mass is 9.89. The number of rotatable bonds is 6. The highest BCUT2D eigenvalue weighted by molar-refractivity contribution is 5.83. The zero-order valence-corrected chi connectivity index (χ0v) is 16.2. The number of likely N-dealkylation sites (tertiary alicyclic amines) is 1. The van der Waals surface area contributed by atoms with Gasteiger partial charge in [-0.2, -0.15) is 0 Å². The van der Waals surface area contributed by atoms with E-state index in [1.165, 1.54) is 28.0 Å². The van der Waals surface area contributed by atoms with E-state index in [-0.39, 0.29) is 18.3 Å². The molecule has 0 bridgehead atoms. The molecule has 3 aromatic rings. The minimum absolute atomic E-state index is 0.0770. The maximum Gasteiger partial charge on any atom is 0.240 e. The molecule has 0 spiro atoms. The van der Waals surface area contributed by atoms with E-state index in [2.05, 4.69) is 15.5 Å². The third kappa shape index (κ3) is 4.35. The number of nitrogens with two attached hydrogens (primary N) is 1. The van der Waals surface area contributed by atoms with Crippen molar-refractivity contribution in [3.8, 4) is 11.1 Å². The van der Waals surface area contributed by atoms with Crippen LogP contribution in [0.1, 0.15) is 17.9 Å². The summed E-state index contributed by atoms with van der Waals surface area (Å²) in [7, 11) is 0. The number of aromatic nitrogens is 4. The Bertz CT molecular complexity index is 978. The number of tetrazole rings is 1. The summed E-state index contributed by atoms with van der Waals surface area (Å²) in [5.74, 6) is -0.975. The van der Waals surface area contributed by atoms with Crippen molar-refractivity contribution in [3.63, 3.8) is 0 Å². The first-order valence-electron chi connectivity index (χ1n) is 9.76. The molecular weight excluding hydrogens is 390 g/mol. The summed E-state index contributed by atoms with van der Waals surface area (Å²) >= 11 is 0. The SMILES string of the molecule is N[C@H](C(=O)N1CC[C@H](F)C1)[C@@H](Cn1cnnn1)c1ccc(-c2ccc(F)cc2)cc1. The molecule has 1 amide bonds. The number of carbonyl (C=O) groups excluding carboxylic acids is 1. The number of hydrogen-bond donors (Lipinski definition) is 1. The highest BCUT2D eigenvalue weighted by Gasteiger charge is 2.34. The van der Waals surface area contributed by atoms with Crippen LogP contribution in [0.2, 0.25) is 0 Å². The molecule has 0 radical (unpaired) electrons. The Morgan fingerprint density at radius 2 is 1.80 bits per heavy atom. The van der Waals surface area contributed by atoms with Crippen LogP contribution in [0.3, 0.4) is 0 Å². The number of carbonyl (C=O) groups is 1. The van der Waals surface area contributed by atoms with Gasteiger partial charge in [0, 0.05) is 12.5 Å². The molecule has 0 aliphatic carbocycles. The number of hydrogen-bond acceptors (Lipinski definition) is 5. The van der Waals surface area contributed by atoms with Gasteiger partial charge in [0.15, 0.2) is 0 Å². The molecule has 0 saturated carbocycles. The fourth-order valence-corrected chi connectivity index (χ4v) is 3.76. The summed E-state index contributed by atoms with van der Waals surface area (Å²) in [4.78, 5) is 14.4. The molecule has 1 saturated heterocycles. The van der Waals surface area contributed by atoms with Crippen molar-refractivity contribution >= 4 is 5.91 Å². The summed E-state index contributed by atoms with van der Waals surface area (Å²) in [6, 6.07) is 13.0. The van der Waals surface area contributed by atoms with Crippen molar-refractivity contribution in [1.82, 2.24) is 25.1 Å². The van der Waals surface area contributed by atoms with Crippen LogP contribution in [0.5, 0.6) is 0 Å². The van der Waals surface area contributed by atoms with Gasteiger partial charge in [0.05, 0.1) is 19.1 Å². The normalized spacial score (nSPS) is 18.4. The Morgan fingerprint density at radius 3 is 2.37 bits per heavy atom. The molecule has 9 heteroatoms. The van der Waals surface area contributed by atoms with Crippen LogP contribution in [0.4, 0.5) is 8.78 Å². The molecule has 2 aromatic carbocycles. The van der Waals surface area contributed by atoms with E-state index in [0.717, 1.165) is 16.7 Å². The number of nitrogens with zero attached hydrogens (tertiary/aromatic N) is 5. The van der Waals surface area contributed by atoms with Crippen LogP contribution in [0, 0.1) is 5.82 Å². The van der Waals surface area contributed by atoms with Gasteiger partial charge in [0.2, 0.25) is 5.91 Å². The third-order valence-electron chi connectivity index (χ3n) is 5.45. The number of alkyl halides is 1. The van der Waals surface area contributed by atoms with Crippen molar-refractivity contribution in [2.24, 2.45) is 5.73 Å². The maximum atomic E-state index is 13.6. The zero-order chi connectivity index (χ0) is 21.1. The highest BCUT2D eigenvalue weighted by Crippen LogP contribution is 2.27. The average Bonchev–Trinajstić information content (AvgIpc) is 3.43. The number of halogens is 2. The van der Waals surface area contributed by atoms with E-state index < -0.39 is 18.1 Å². The van der Waals surface area contributed by atoms with E-state index >= 15 is 0 Å². The lowest BCUT2D eigenvalue weighted by molar-refractivity contribution is -0.132. The fourth-order valence-electron chi connectivity index (χ4n) is 3.76. The van der Waals surface area contributed by atoms with Gasteiger partial charge in [0.25, 0.3) is 0 Å². The van der Waals surface area contributed by atoms with Gasteiger partial charge in [-0.25, -0.2) is 13.5 Å². The molecule has 1 aliphatic heterocycles. The van der Waals surface area contributed by atoms with Gasteiger partial charge in [-0.15, -0.1) is 5.10 Å². The minimum atomic E-state index is -1.01. The molecule has 7 nitrogen and oxygen atoms in total. The van der Waals surface area contributed by atoms with Gasteiger partial charge >= 0.3 is 0 Å². The van der Waals surface area contributed by atoms with Crippen LogP contribution in [0.15, 0.2) is 54.9 Å². The van der Waals surface area contributed by atoms with Gasteiger partial charge in [-0.05, 0) is 45.7 Å². The zero-order valence-electron chi connectivity index (χ0n) is 16.2. The first-order chi connectivity index (χ1) is 14.5.